The average Bonchev–Trinajstić information content (AvgIpc) is 2.72. The van der Waals surface area contributed by atoms with Crippen LogP contribution in [0.1, 0.15) is 90.9 Å². The van der Waals surface area contributed by atoms with E-state index in [0.29, 0.717) is 25.7 Å². The fourth-order valence-corrected chi connectivity index (χ4v) is 3.93. The van der Waals surface area contributed by atoms with Gasteiger partial charge in [0.2, 0.25) is 0 Å². The van der Waals surface area contributed by atoms with Crippen LogP contribution in [0.15, 0.2) is 0 Å². The summed E-state index contributed by atoms with van der Waals surface area (Å²) in [6, 6.07) is 0. The summed E-state index contributed by atoms with van der Waals surface area (Å²) in [7, 11) is -6.87. The van der Waals surface area contributed by atoms with Crippen LogP contribution in [-0.2, 0) is 14.3 Å². The van der Waals surface area contributed by atoms with E-state index in [2.05, 4.69) is 4.18 Å². The SMILES string of the molecule is CCCCCCCCC(F)(F)C(F)(F)C(F)(F)C(F)(F)C(F)(F)S(=O)(=O)OCCCCCCC. The summed E-state index contributed by atoms with van der Waals surface area (Å²) < 4.78 is 166. The molecule has 0 aliphatic rings. The van der Waals surface area contributed by atoms with Crippen LogP contribution in [0, 0.1) is 0 Å². The van der Waals surface area contributed by atoms with Crippen molar-refractivity contribution < 1.29 is 56.5 Å². The first kappa shape index (κ1) is 33.2. The molecule has 0 bridgehead atoms. The molecule has 34 heavy (non-hydrogen) atoms. The van der Waals surface area contributed by atoms with E-state index in [1.165, 1.54) is 0 Å². The Bertz CT molecular complexity index is 697. The smallest absolute Gasteiger partial charge is 0.265 e. The Morgan fingerprint density at radius 3 is 1.44 bits per heavy atom. The molecular formula is C20H32F10O3S. The van der Waals surface area contributed by atoms with E-state index in [4.69, 9.17) is 0 Å². The predicted molar refractivity (Wildman–Crippen MR) is 106 cm³/mol. The molecule has 3 nitrogen and oxygen atoms in total. The monoisotopic (exact) mass is 542 g/mol. The first-order chi connectivity index (χ1) is 15.4. The fourth-order valence-electron chi connectivity index (χ4n) is 3.00. The molecule has 0 aliphatic carbocycles. The molecule has 0 heterocycles. The second kappa shape index (κ2) is 13.0. The van der Waals surface area contributed by atoms with Gasteiger partial charge in [-0.1, -0.05) is 71.6 Å². The van der Waals surface area contributed by atoms with Crippen LogP contribution in [0.25, 0.3) is 0 Å². The molecule has 0 rings (SSSR count). The lowest BCUT2D eigenvalue weighted by Gasteiger charge is -2.38. The molecule has 0 amide bonds. The third kappa shape index (κ3) is 7.36. The van der Waals surface area contributed by atoms with Crippen molar-refractivity contribution in [1.82, 2.24) is 0 Å². The Morgan fingerprint density at radius 1 is 0.559 bits per heavy atom. The maximum Gasteiger partial charge on any atom is 0.438 e. The standard InChI is InChI=1S/C20H32F10O3S/c1-3-5-7-9-10-12-14-16(21,22)17(23,24)18(25,26)19(27,28)20(29,30)34(31,32)33-15-13-11-8-6-4-2/h3-15H2,1-2H3. The minimum atomic E-state index is -7.42. The van der Waals surface area contributed by atoms with Gasteiger partial charge in [0.1, 0.15) is 0 Å². The number of alkyl halides is 10. The van der Waals surface area contributed by atoms with Crippen LogP contribution in [0.4, 0.5) is 43.9 Å². The highest BCUT2D eigenvalue weighted by Crippen LogP contribution is 2.59. The first-order valence-corrected chi connectivity index (χ1v) is 12.6. The summed E-state index contributed by atoms with van der Waals surface area (Å²) >= 11 is 0. The molecule has 0 fully saturated rings. The van der Waals surface area contributed by atoms with Crippen molar-refractivity contribution in [2.24, 2.45) is 0 Å². The lowest BCUT2D eigenvalue weighted by Crippen LogP contribution is -2.68. The van der Waals surface area contributed by atoms with Crippen molar-refractivity contribution in [3.05, 3.63) is 0 Å². The lowest BCUT2D eigenvalue weighted by atomic mass is 9.94. The van der Waals surface area contributed by atoms with Crippen LogP contribution < -0.4 is 0 Å². The Morgan fingerprint density at radius 2 is 0.971 bits per heavy atom. The van der Waals surface area contributed by atoms with Gasteiger partial charge in [-0.3, -0.25) is 4.18 Å². The summed E-state index contributed by atoms with van der Waals surface area (Å²) in [5.41, 5.74) is 0. The first-order valence-electron chi connectivity index (χ1n) is 11.2. The van der Waals surface area contributed by atoms with Crippen molar-refractivity contribution >= 4 is 10.1 Å². The van der Waals surface area contributed by atoms with Gasteiger partial charge < -0.3 is 0 Å². The lowest BCUT2D eigenvalue weighted by molar-refractivity contribution is -0.390. The topological polar surface area (TPSA) is 43.4 Å². The molecule has 0 N–H and O–H groups in total. The molecule has 0 unspecified atom stereocenters. The van der Waals surface area contributed by atoms with Crippen molar-refractivity contribution in [2.45, 2.75) is 120 Å². The molecular weight excluding hydrogens is 510 g/mol. The zero-order valence-electron chi connectivity index (χ0n) is 19.1. The van der Waals surface area contributed by atoms with Gasteiger partial charge >= 0.3 is 39.1 Å². The molecule has 0 aromatic heterocycles. The second-order valence-electron chi connectivity index (χ2n) is 8.15. The number of unbranched alkanes of at least 4 members (excludes halogenated alkanes) is 9. The fraction of sp³-hybridized carbons (Fsp3) is 1.00. The van der Waals surface area contributed by atoms with Gasteiger partial charge in [0.15, 0.2) is 0 Å². The zero-order valence-corrected chi connectivity index (χ0v) is 19.9. The van der Waals surface area contributed by atoms with E-state index in [1.54, 1.807) is 0 Å². The van der Waals surface area contributed by atoms with Gasteiger partial charge in [-0.15, -0.1) is 0 Å². The highest BCUT2D eigenvalue weighted by molar-refractivity contribution is 7.87. The molecule has 206 valence electrons. The molecule has 0 atom stereocenters. The molecule has 14 heteroatoms. The summed E-state index contributed by atoms with van der Waals surface area (Å²) in [6.07, 6.45) is 1.35. The van der Waals surface area contributed by atoms with Crippen molar-refractivity contribution in [3.8, 4) is 0 Å². The van der Waals surface area contributed by atoms with E-state index >= 15 is 0 Å². The van der Waals surface area contributed by atoms with Crippen LogP contribution in [0.5, 0.6) is 0 Å². The molecule has 0 radical (unpaired) electrons. The zero-order chi connectivity index (χ0) is 26.9. The molecule has 0 aromatic rings. The Balaban J connectivity index is 5.52. The average molecular weight is 543 g/mol. The van der Waals surface area contributed by atoms with E-state index in [1.807, 2.05) is 13.8 Å². The highest BCUT2D eigenvalue weighted by atomic mass is 32.2. The second-order valence-corrected chi connectivity index (χ2v) is 9.81. The Kier molecular flexibility index (Phi) is 12.7. The van der Waals surface area contributed by atoms with Crippen LogP contribution in [0.2, 0.25) is 0 Å². The Labute approximate surface area is 193 Å². The molecule has 0 aliphatic heterocycles. The Hall–Kier alpha value is -0.790. The molecule has 0 aromatic carbocycles. The van der Waals surface area contributed by atoms with Crippen LogP contribution in [-0.4, -0.2) is 44.0 Å². The summed E-state index contributed by atoms with van der Waals surface area (Å²) in [6.45, 7) is 2.54. The number of hydrogen-bond donors (Lipinski definition) is 0. The van der Waals surface area contributed by atoms with Gasteiger partial charge in [-0.25, -0.2) is 0 Å². The van der Waals surface area contributed by atoms with Gasteiger partial charge in [-0.2, -0.15) is 52.3 Å². The third-order valence-corrected chi connectivity index (χ3v) is 6.62. The number of halogens is 10. The van der Waals surface area contributed by atoms with Crippen molar-refractivity contribution in [1.29, 1.82) is 0 Å². The summed E-state index contributed by atoms with van der Waals surface area (Å²) in [5, 5.41) is -6.91. The summed E-state index contributed by atoms with van der Waals surface area (Å²) in [5.74, 6) is -27.6. The quantitative estimate of drug-likeness (QED) is 0.0939. The van der Waals surface area contributed by atoms with Crippen LogP contribution in [0.3, 0.4) is 0 Å². The van der Waals surface area contributed by atoms with Gasteiger partial charge in [0.25, 0.3) is 0 Å². The van der Waals surface area contributed by atoms with Crippen LogP contribution >= 0.6 is 0 Å². The normalized spacial score (nSPS) is 14.6. The summed E-state index contributed by atoms with van der Waals surface area (Å²) in [4.78, 5) is 0. The predicted octanol–water partition coefficient (Wildman–Crippen LogP) is 8.19. The molecule has 0 saturated heterocycles. The van der Waals surface area contributed by atoms with Gasteiger partial charge in [0.05, 0.1) is 6.61 Å². The third-order valence-electron chi connectivity index (χ3n) is 5.26. The van der Waals surface area contributed by atoms with E-state index in [9.17, 15) is 52.3 Å². The van der Waals surface area contributed by atoms with Gasteiger partial charge in [-0.05, 0) is 12.8 Å². The molecule has 0 saturated carbocycles. The van der Waals surface area contributed by atoms with Crippen molar-refractivity contribution in [2.75, 3.05) is 6.61 Å². The molecule has 0 spiro atoms. The van der Waals surface area contributed by atoms with Gasteiger partial charge in [0, 0.05) is 6.42 Å². The largest absolute Gasteiger partial charge is 0.438 e. The number of rotatable bonds is 19. The van der Waals surface area contributed by atoms with E-state index < -0.39 is 58.5 Å². The van der Waals surface area contributed by atoms with Crippen molar-refractivity contribution in [3.63, 3.8) is 0 Å². The highest BCUT2D eigenvalue weighted by Gasteiger charge is 2.88. The minimum Gasteiger partial charge on any atom is -0.265 e. The van der Waals surface area contributed by atoms with E-state index in [-0.39, 0.29) is 25.7 Å². The maximum absolute atomic E-state index is 13.9. The number of hydrogen-bond acceptors (Lipinski definition) is 3. The van der Waals surface area contributed by atoms with E-state index in [0.717, 1.165) is 12.8 Å². The minimum absolute atomic E-state index is 0.107. The maximum atomic E-state index is 13.9.